The molecule has 1 aromatic carbocycles. The average Bonchev–Trinajstić information content (AvgIpc) is 3.38. The van der Waals surface area contributed by atoms with E-state index in [0.717, 1.165) is 23.4 Å². The highest BCUT2D eigenvalue weighted by Gasteiger charge is 2.38. The van der Waals surface area contributed by atoms with Crippen LogP contribution in [0.5, 0.6) is 0 Å². The third kappa shape index (κ3) is 4.72. The predicted octanol–water partition coefficient (Wildman–Crippen LogP) is 4.50. The molecule has 1 aliphatic carbocycles. The largest absolute Gasteiger partial charge is 0.423 e. The molecule has 3 aromatic rings. The van der Waals surface area contributed by atoms with Crippen LogP contribution in [0.4, 0.5) is 15.9 Å². The van der Waals surface area contributed by atoms with E-state index in [-0.39, 0.29) is 30.3 Å². The van der Waals surface area contributed by atoms with E-state index in [0.29, 0.717) is 53.1 Å². The van der Waals surface area contributed by atoms with Crippen LogP contribution >= 0.6 is 22.9 Å². The van der Waals surface area contributed by atoms with Gasteiger partial charge in [0.25, 0.3) is 6.01 Å². The molecular formula is C23H28ClN5O4S. The van der Waals surface area contributed by atoms with Gasteiger partial charge in [0, 0.05) is 30.6 Å². The van der Waals surface area contributed by atoms with Crippen LogP contribution in [0, 0.1) is 0 Å². The minimum absolute atomic E-state index is 0.0635. The van der Waals surface area contributed by atoms with Gasteiger partial charge in [0.05, 0.1) is 29.3 Å². The molecule has 34 heavy (non-hydrogen) atoms. The Balaban J connectivity index is 1.36. The molecule has 3 heterocycles. The van der Waals surface area contributed by atoms with Crippen molar-refractivity contribution in [3.63, 3.8) is 0 Å². The van der Waals surface area contributed by atoms with Gasteiger partial charge >= 0.3 is 6.03 Å². The van der Waals surface area contributed by atoms with Gasteiger partial charge in [-0.2, -0.15) is 4.98 Å². The van der Waals surface area contributed by atoms with E-state index < -0.39 is 0 Å². The number of carbonyl (C=O) groups excluding carboxylic acids is 1. The number of aromatic nitrogens is 2. The molecule has 0 spiro atoms. The number of fused-ring (bicyclic) bond motifs is 2. The number of rotatable bonds is 5. The van der Waals surface area contributed by atoms with Gasteiger partial charge in [0.1, 0.15) is 5.52 Å². The van der Waals surface area contributed by atoms with Crippen molar-refractivity contribution in [3.05, 3.63) is 33.8 Å². The van der Waals surface area contributed by atoms with Crippen molar-refractivity contribution in [1.82, 2.24) is 15.3 Å². The summed E-state index contributed by atoms with van der Waals surface area (Å²) < 4.78 is 11.6. The van der Waals surface area contributed by atoms with Gasteiger partial charge in [-0.25, -0.2) is 9.78 Å². The molecule has 0 bridgehead atoms. The highest BCUT2D eigenvalue weighted by Crippen LogP contribution is 2.42. The normalized spacial score (nSPS) is 24.8. The zero-order valence-corrected chi connectivity index (χ0v) is 20.7. The van der Waals surface area contributed by atoms with Crippen LogP contribution in [0.25, 0.3) is 11.1 Å². The summed E-state index contributed by atoms with van der Waals surface area (Å²) >= 11 is 7.58. The molecule has 0 unspecified atom stereocenters. The lowest BCUT2D eigenvalue weighted by atomic mass is 9.93. The minimum Gasteiger partial charge on any atom is -0.423 e. The standard InChI is InChI=1S/C23H28ClN5O4S/c1-12-9-17-20(34-22(26-17)28-21(31)25-14-4-6-15(30)7-5-14)18(11-32-2)29(12)23-27-16-10-13(24)3-8-19(16)33-23/h3,8,10,12,14-15,18,30H,4-7,9,11H2,1-2H3,(H2,25,26,28,31)/t12-,14-,15-,18+/m1/s1. The number of methoxy groups -OCH3 is 1. The molecule has 11 heteroatoms. The summed E-state index contributed by atoms with van der Waals surface area (Å²) in [7, 11) is 1.66. The van der Waals surface area contributed by atoms with Crippen molar-refractivity contribution in [2.75, 3.05) is 23.9 Å². The third-order valence-corrected chi connectivity index (χ3v) is 7.82. The van der Waals surface area contributed by atoms with Gasteiger partial charge in [-0.1, -0.05) is 22.9 Å². The first-order chi connectivity index (χ1) is 16.4. The first kappa shape index (κ1) is 23.3. The van der Waals surface area contributed by atoms with Gasteiger partial charge < -0.3 is 24.5 Å². The minimum atomic E-state index is -0.267. The van der Waals surface area contributed by atoms with E-state index in [4.69, 9.17) is 25.7 Å². The van der Waals surface area contributed by atoms with Crippen LogP contribution in [0.3, 0.4) is 0 Å². The van der Waals surface area contributed by atoms with E-state index >= 15 is 0 Å². The number of amides is 2. The number of ether oxygens (including phenoxy) is 1. The molecule has 3 N–H and O–H groups in total. The molecule has 1 saturated carbocycles. The Hall–Kier alpha value is -2.40. The number of hydrogen-bond acceptors (Lipinski definition) is 8. The number of nitrogens with zero attached hydrogens (tertiary/aromatic N) is 3. The number of anilines is 2. The molecule has 2 atom stereocenters. The fourth-order valence-corrected chi connectivity index (χ4v) is 6.05. The summed E-state index contributed by atoms with van der Waals surface area (Å²) in [6.07, 6.45) is 3.42. The molecule has 182 valence electrons. The van der Waals surface area contributed by atoms with Crippen molar-refractivity contribution in [1.29, 1.82) is 0 Å². The summed E-state index contributed by atoms with van der Waals surface area (Å²) in [5.74, 6) is 0. The van der Waals surface area contributed by atoms with Gasteiger partial charge in [-0.05, 0) is 50.8 Å². The molecular weight excluding hydrogens is 478 g/mol. The number of aliphatic hydroxyl groups is 1. The smallest absolute Gasteiger partial charge is 0.321 e. The maximum Gasteiger partial charge on any atom is 0.321 e. The lowest BCUT2D eigenvalue weighted by Crippen LogP contribution is -2.43. The summed E-state index contributed by atoms with van der Waals surface area (Å²) in [6.45, 7) is 2.53. The highest BCUT2D eigenvalue weighted by atomic mass is 35.5. The molecule has 0 saturated heterocycles. The monoisotopic (exact) mass is 505 g/mol. The third-order valence-electron chi connectivity index (χ3n) is 6.47. The fourth-order valence-electron chi connectivity index (χ4n) is 4.81. The summed E-state index contributed by atoms with van der Waals surface area (Å²) in [6, 6.07) is 5.62. The number of nitrogens with one attached hydrogen (secondary N) is 2. The van der Waals surface area contributed by atoms with Crippen LogP contribution < -0.4 is 15.5 Å². The zero-order valence-electron chi connectivity index (χ0n) is 19.1. The fraction of sp³-hybridized carbons (Fsp3) is 0.522. The first-order valence-corrected chi connectivity index (χ1v) is 12.7. The number of carbonyl (C=O) groups is 1. The Kier molecular flexibility index (Phi) is 6.65. The second-order valence-corrected chi connectivity index (χ2v) is 10.4. The van der Waals surface area contributed by atoms with Crippen LogP contribution in [-0.2, 0) is 11.2 Å². The Morgan fingerprint density at radius 3 is 2.88 bits per heavy atom. The van der Waals surface area contributed by atoms with E-state index in [1.54, 1.807) is 19.2 Å². The van der Waals surface area contributed by atoms with Gasteiger partial charge in [0.15, 0.2) is 10.7 Å². The number of thiazole rings is 1. The number of benzene rings is 1. The number of hydrogen-bond donors (Lipinski definition) is 3. The maximum atomic E-state index is 12.6. The van der Waals surface area contributed by atoms with Gasteiger partial charge in [-0.3, -0.25) is 5.32 Å². The van der Waals surface area contributed by atoms with E-state index in [1.165, 1.54) is 11.3 Å². The molecule has 1 fully saturated rings. The first-order valence-electron chi connectivity index (χ1n) is 11.5. The summed E-state index contributed by atoms with van der Waals surface area (Å²) in [5, 5.41) is 16.7. The van der Waals surface area contributed by atoms with Gasteiger partial charge in [0.2, 0.25) is 0 Å². The number of aliphatic hydroxyl groups excluding tert-OH is 1. The van der Waals surface area contributed by atoms with Crippen molar-refractivity contribution < 1.29 is 19.1 Å². The van der Waals surface area contributed by atoms with Crippen LogP contribution in [0.15, 0.2) is 22.6 Å². The molecule has 1 aliphatic heterocycles. The molecule has 0 radical (unpaired) electrons. The van der Waals surface area contributed by atoms with Crippen molar-refractivity contribution in [2.45, 2.75) is 63.3 Å². The van der Waals surface area contributed by atoms with Crippen molar-refractivity contribution in [3.8, 4) is 0 Å². The lowest BCUT2D eigenvalue weighted by Gasteiger charge is -2.38. The zero-order chi connectivity index (χ0) is 23.8. The van der Waals surface area contributed by atoms with Crippen molar-refractivity contribution >= 4 is 51.2 Å². The molecule has 2 amide bonds. The summed E-state index contributed by atoms with van der Waals surface area (Å²) in [5.41, 5.74) is 2.33. The van der Waals surface area contributed by atoms with Gasteiger partial charge in [-0.15, -0.1) is 0 Å². The quantitative estimate of drug-likeness (QED) is 0.468. The van der Waals surface area contributed by atoms with E-state index in [1.807, 2.05) is 6.07 Å². The number of oxazole rings is 1. The molecule has 2 aliphatic rings. The van der Waals surface area contributed by atoms with Crippen LogP contribution in [-0.4, -0.2) is 53.0 Å². The predicted molar refractivity (Wildman–Crippen MR) is 132 cm³/mol. The topological polar surface area (TPSA) is 113 Å². The SMILES string of the molecule is COC[C@H]1c2sc(NC(=O)N[C@H]3CC[C@H](O)CC3)nc2C[C@@H](C)N1c1nc2cc(Cl)ccc2o1. The second-order valence-electron chi connectivity index (χ2n) is 8.97. The Morgan fingerprint density at radius 1 is 1.32 bits per heavy atom. The average molecular weight is 506 g/mol. The molecule has 5 rings (SSSR count). The second kappa shape index (κ2) is 9.69. The molecule has 9 nitrogen and oxygen atoms in total. The summed E-state index contributed by atoms with van der Waals surface area (Å²) in [4.78, 5) is 25.1. The Bertz CT molecular complexity index is 1180. The van der Waals surface area contributed by atoms with Crippen LogP contribution in [0.1, 0.15) is 49.2 Å². The highest BCUT2D eigenvalue weighted by molar-refractivity contribution is 7.16. The number of urea groups is 1. The maximum absolute atomic E-state index is 12.6. The molecule has 2 aromatic heterocycles. The van der Waals surface area contributed by atoms with Crippen LogP contribution in [0.2, 0.25) is 5.02 Å². The van der Waals surface area contributed by atoms with E-state index in [9.17, 15) is 9.90 Å². The Morgan fingerprint density at radius 2 is 2.12 bits per heavy atom. The van der Waals surface area contributed by atoms with Crippen molar-refractivity contribution in [2.24, 2.45) is 0 Å². The number of halogens is 1. The lowest BCUT2D eigenvalue weighted by molar-refractivity contribution is 0.118. The Labute approximate surface area is 206 Å². The van der Waals surface area contributed by atoms with E-state index in [2.05, 4.69) is 27.4 Å².